The van der Waals surface area contributed by atoms with Gasteiger partial charge in [0.2, 0.25) is 0 Å². The van der Waals surface area contributed by atoms with Crippen LogP contribution < -0.4 is 5.32 Å². The second-order valence-corrected chi connectivity index (χ2v) is 7.42. The van der Waals surface area contributed by atoms with Crippen molar-refractivity contribution in [1.29, 1.82) is 0 Å². The number of anilines is 2. The lowest BCUT2D eigenvalue weighted by atomic mass is 10.1. The lowest BCUT2D eigenvalue weighted by Crippen LogP contribution is -2.28. The fraction of sp³-hybridized carbons (Fsp3) is 0.250. The first-order valence-corrected chi connectivity index (χ1v) is 9.49. The van der Waals surface area contributed by atoms with E-state index in [1.165, 1.54) is 0 Å². The summed E-state index contributed by atoms with van der Waals surface area (Å²) in [6, 6.07) is 11.8. The van der Waals surface area contributed by atoms with Crippen molar-refractivity contribution in [3.8, 4) is 0 Å². The highest BCUT2D eigenvalue weighted by molar-refractivity contribution is 9.10. The van der Waals surface area contributed by atoms with Crippen molar-refractivity contribution in [2.24, 2.45) is 0 Å². The molecule has 0 unspecified atom stereocenters. The molecule has 0 atom stereocenters. The molecule has 0 radical (unpaired) electrons. The topological polar surface area (TPSA) is 58.1 Å². The number of hydrogen-bond donors (Lipinski definition) is 1. The van der Waals surface area contributed by atoms with E-state index >= 15 is 0 Å². The van der Waals surface area contributed by atoms with Gasteiger partial charge in [-0.15, -0.1) is 0 Å². The standard InChI is InChI=1S/C20H19BrN4O/c1-13-4-9-16-18(24-15-7-5-14(21)6-8-15)17(12-22-19(16)23-13)20(26)25-10-2-3-11-25/h4-9,12H,2-3,10-11H2,1H3,(H,22,23,24). The summed E-state index contributed by atoms with van der Waals surface area (Å²) in [6.45, 7) is 3.55. The smallest absolute Gasteiger partial charge is 0.257 e. The van der Waals surface area contributed by atoms with Crippen LogP contribution in [0.25, 0.3) is 11.0 Å². The Balaban J connectivity index is 1.83. The van der Waals surface area contributed by atoms with E-state index in [9.17, 15) is 4.79 Å². The van der Waals surface area contributed by atoms with Gasteiger partial charge in [0.25, 0.3) is 5.91 Å². The van der Waals surface area contributed by atoms with Crippen molar-refractivity contribution in [3.05, 3.63) is 58.3 Å². The summed E-state index contributed by atoms with van der Waals surface area (Å²) in [5.41, 5.74) is 3.81. The largest absolute Gasteiger partial charge is 0.354 e. The quantitative estimate of drug-likeness (QED) is 0.680. The molecule has 1 fully saturated rings. The summed E-state index contributed by atoms with van der Waals surface area (Å²) >= 11 is 3.45. The molecule has 0 spiro atoms. The summed E-state index contributed by atoms with van der Waals surface area (Å²) < 4.78 is 1.01. The van der Waals surface area contributed by atoms with E-state index in [0.29, 0.717) is 11.2 Å². The third-order valence-corrected chi connectivity index (χ3v) is 5.13. The molecule has 1 amide bonds. The predicted molar refractivity (Wildman–Crippen MR) is 107 cm³/mol. The van der Waals surface area contributed by atoms with Crippen molar-refractivity contribution in [2.75, 3.05) is 18.4 Å². The summed E-state index contributed by atoms with van der Waals surface area (Å²) in [7, 11) is 0. The van der Waals surface area contributed by atoms with Crippen LogP contribution in [-0.4, -0.2) is 33.9 Å². The number of hydrogen-bond acceptors (Lipinski definition) is 4. The Bertz CT molecular complexity index is 965. The van der Waals surface area contributed by atoms with E-state index in [0.717, 1.165) is 52.9 Å². The first kappa shape index (κ1) is 17.0. The molecule has 1 aliphatic heterocycles. The molecule has 0 aliphatic carbocycles. The van der Waals surface area contributed by atoms with Crippen molar-refractivity contribution < 1.29 is 4.79 Å². The SMILES string of the molecule is Cc1ccc2c(Nc3ccc(Br)cc3)c(C(=O)N3CCCC3)cnc2n1. The zero-order valence-electron chi connectivity index (χ0n) is 14.5. The van der Waals surface area contributed by atoms with Crippen LogP contribution >= 0.6 is 15.9 Å². The van der Waals surface area contributed by atoms with Crippen molar-refractivity contribution in [1.82, 2.24) is 14.9 Å². The van der Waals surface area contributed by atoms with Gasteiger partial charge < -0.3 is 10.2 Å². The van der Waals surface area contributed by atoms with Gasteiger partial charge in [-0.3, -0.25) is 4.79 Å². The summed E-state index contributed by atoms with van der Waals surface area (Å²) in [4.78, 5) is 23.9. The number of nitrogens with one attached hydrogen (secondary N) is 1. The average Bonchev–Trinajstić information content (AvgIpc) is 3.18. The molecule has 3 aromatic rings. The fourth-order valence-corrected chi connectivity index (χ4v) is 3.50. The maximum absolute atomic E-state index is 13.0. The molecule has 1 N–H and O–H groups in total. The second-order valence-electron chi connectivity index (χ2n) is 6.50. The maximum Gasteiger partial charge on any atom is 0.257 e. The minimum absolute atomic E-state index is 0.0251. The van der Waals surface area contributed by atoms with Gasteiger partial charge in [-0.2, -0.15) is 0 Å². The maximum atomic E-state index is 13.0. The number of carbonyl (C=O) groups is 1. The number of nitrogens with zero attached hydrogens (tertiary/aromatic N) is 3. The molecule has 0 saturated carbocycles. The third-order valence-electron chi connectivity index (χ3n) is 4.61. The first-order chi connectivity index (χ1) is 12.6. The zero-order valence-corrected chi connectivity index (χ0v) is 16.1. The highest BCUT2D eigenvalue weighted by atomic mass is 79.9. The highest BCUT2D eigenvalue weighted by Crippen LogP contribution is 2.30. The van der Waals surface area contributed by atoms with Gasteiger partial charge in [0, 0.05) is 40.5 Å². The molecule has 0 bridgehead atoms. The van der Waals surface area contributed by atoms with E-state index in [-0.39, 0.29) is 5.91 Å². The number of amides is 1. The Morgan fingerprint density at radius 1 is 1.12 bits per heavy atom. The van der Waals surface area contributed by atoms with Crippen LogP contribution in [0.1, 0.15) is 28.9 Å². The molecule has 1 aliphatic rings. The van der Waals surface area contributed by atoms with E-state index in [4.69, 9.17) is 0 Å². The number of benzene rings is 1. The van der Waals surface area contributed by atoms with Crippen LogP contribution in [0.3, 0.4) is 0 Å². The minimum atomic E-state index is 0.0251. The number of carbonyl (C=O) groups excluding carboxylic acids is 1. The molecular formula is C20H19BrN4O. The lowest BCUT2D eigenvalue weighted by Gasteiger charge is -2.19. The Labute approximate surface area is 160 Å². The third kappa shape index (κ3) is 3.29. The Morgan fingerprint density at radius 3 is 2.58 bits per heavy atom. The second kappa shape index (κ2) is 7.03. The van der Waals surface area contributed by atoms with E-state index < -0.39 is 0 Å². The number of likely N-dealkylation sites (tertiary alicyclic amines) is 1. The number of pyridine rings is 2. The van der Waals surface area contributed by atoms with Crippen molar-refractivity contribution in [2.45, 2.75) is 19.8 Å². The number of aryl methyl sites for hydroxylation is 1. The average molecular weight is 411 g/mol. The fourth-order valence-electron chi connectivity index (χ4n) is 3.24. The van der Waals surface area contributed by atoms with E-state index in [1.54, 1.807) is 6.20 Å². The molecule has 5 nitrogen and oxygen atoms in total. The monoisotopic (exact) mass is 410 g/mol. The molecule has 6 heteroatoms. The Hall–Kier alpha value is -2.47. The molecule has 1 saturated heterocycles. The van der Waals surface area contributed by atoms with Gasteiger partial charge >= 0.3 is 0 Å². The molecule has 3 heterocycles. The van der Waals surface area contributed by atoms with Gasteiger partial charge in [-0.05, 0) is 56.2 Å². The molecule has 2 aromatic heterocycles. The van der Waals surface area contributed by atoms with Gasteiger partial charge in [0.05, 0.1) is 11.3 Å². The molecule has 132 valence electrons. The van der Waals surface area contributed by atoms with Crippen LogP contribution in [0.5, 0.6) is 0 Å². The molecule has 4 rings (SSSR count). The number of aromatic nitrogens is 2. The zero-order chi connectivity index (χ0) is 18.1. The van der Waals surface area contributed by atoms with Crippen LogP contribution in [0.2, 0.25) is 0 Å². The van der Waals surface area contributed by atoms with Gasteiger partial charge in [-0.1, -0.05) is 15.9 Å². The van der Waals surface area contributed by atoms with Gasteiger partial charge in [0.1, 0.15) is 0 Å². The normalized spacial score (nSPS) is 14.0. The van der Waals surface area contributed by atoms with Gasteiger partial charge in [-0.25, -0.2) is 9.97 Å². The van der Waals surface area contributed by atoms with Crippen molar-refractivity contribution in [3.63, 3.8) is 0 Å². The summed E-state index contributed by atoms with van der Waals surface area (Å²) in [6.07, 6.45) is 3.77. The van der Waals surface area contributed by atoms with Gasteiger partial charge in [0.15, 0.2) is 5.65 Å². The number of rotatable bonds is 3. The minimum Gasteiger partial charge on any atom is -0.354 e. The molecular weight excluding hydrogens is 392 g/mol. The molecule has 1 aromatic carbocycles. The Kier molecular flexibility index (Phi) is 4.59. The molecule has 26 heavy (non-hydrogen) atoms. The number of halogens is 1. The van der Waals surface area contributed by atoms with E-state index in [2.05, 4.69) is 31.2 Å². The van der Waals surface area contributed by atoms with Crippen molar-refractivity contribution >= 4 is 44.2 Å². The Morgan fingerprint density at radius 2 is 1.85 bits per heavy atom. The predicted octanol–water partition coefficient (Wildman–Crippen LogP) is 4.68. The lowest BCUT2D eigenvalue weighted by molar-refractivity contribution is 0.0793. The number of fused-ring (bicyclic) bond motifs is 1. The van der Waals surface area contributed by atoms with Crippen LogP contribution in [-0.2, 0) is 0 Å². The first-order valence-electron chi connectivity index (χ1n) is 8.70. The van der Waals surface area contributed by atoms with Crippen LogP contribution in [0, 0.1) is 6.92 Å². The summed E-state index contributed by atoms with van der Waals surface area (Å²) in [5.74, 6) is 0.0251. The van der Waals surface area contributed by atoms with E-state index in [1.807, 2.05) is 48.2 Å². The van der Waals surface area contributed by atoms with Crippen LogP contribution in [0.15, 0.2) is 47.1 Å². The summed E-state index contributed by atoms with van der Waals surface area (Å²) in [5, 5.41) is 4.27. The van der Waals surface area contributed by atoms with Crippen LogP contribution in [0.4, 0.5) is 11.4 Å². The highest BCUT2D eigenvalue weighted by Gasteiger charge is 2.24.